The average Bonchev–Trinajstić information content (AvgIpc) is 3.71. The lowest BCUT2D eigenvalue weighted by molar-refractivity contribution is -0.117. The first-order chi connectivity index (χ1) is 19.6. The Kier molecular flexibility index (Phi) is 6.33. The fraction of sp³-hybridized carbons (Fsp3) is 0.233. The number of rotatable bonds is 6. The van der Waals surface area contributed by atoms with Crippen molar-refractivity contribution in [1.82, 2.24) is 35.5 Å². The number of aryl methyl sites for hydroxylation is 1. The first-order valence-electron chi connectivity index (χ1n) is 13.5. The van der Waals surface area contributed by atoms with Crippen LogP contribution in [0.2, 0.25) is 0 Å². The minimum absolute atomic E-state index is 0.0361. The highest BCUT2D eigenvalue weighted by atomic mass is 32.1. The first-order valence-corrected chi connectivity index (χ1v) is 14.3. The van der Waals surface area contributed by atoms with E-state index in [1.165, 1.54) is 9.75 Å². The van der Waals surface area contributed by atoms with Crippen LogP contribution in [0.5, 0.6) is 0 Å². The molecule has 1 fully saturated rings. The third kappa shape index (κ3) is 4.76. The molecule has 6 aromatic rings. The molecule has 200 valence electrons. The molecule has 9 nitrogen and oxygen atoms in total. The van der Waals surface area contributed by atoms with Gasteiger partial charge >= 0.3 is 0 Å². The van der Waals surface area contributed by atoms with E-state index in [4.69, 9.17) is 4.98 Å². The van der Waals surface area contributed by atoms with E-state index in [9.17, 15) is 4.79 Å². The topological polar surface area (TPSA) is 124 Å². The summed E-state index contributed by atoms with van der Waals surface area (Å²) in [7, 11) is 0. The van der Waals surface area contributed by atoms with Crippen molar-refractivity contribution in [3.05, 3.63) is 65.9 Å². The molecule has 1 aromatic carbocycles. The summed E-state index contributed by atoms with van der Waals surface area (Å²) < 4.78 is 0. The van der Waals surface area contributed by atoms with Crippen LogP contribution in [0.4, 0.5) is 5.69 Å². The Morgan fingerprint density at radius 3 is 2.83 bits per heavy atom. The van der Waals surface area contributed by atoms with Crippen molar-refractivity contribution in [2.24, 2.45) is 5.92 Å². The number of pyridine rings is 2. The Hall–Kier alpha value is -4.41. The summed E-state index contributed by atoms with van der Waals surface area (Å²) in [5.41, 5.74) is 6.84. The number of amides is 1. The summed E-state index contributed by atoms with van der Waals surface area (Å²) in [6, 6.07) is 14.3. The Bertz CT molecular complexity index is 1850. The van der Waals surface area contributed by atoms with Gasteiger partial charge in [-0.3, -0.25) is 14.9 Å². The van der Waals surface area contributed by atoms with Crippen LogP contribution in [-0.2, 0) is 4.79 Å². The summed E-state index contributed by atoms with van der Waals surface area (Å²) in [4.78, 5) is 32.3. The molecule has 1 saturated heterocycles. The molecule has 1 aliphatic rings. The van der Waals surface area contributed by atoms with Gasteiger partial charge in [-0.1, -0.05) is 6.07 Å². The molecule has 0 radical (unpaired) electrons. The lowest BCUT2D eigenvalue weighted by Crippen LogP contribution is -2.30. The van der Waals surface area contributed by atoms with E-state index < -0.39 is 0 Å². The zero-order chi connectivity index (χ0) is 27.1. The van der Waals surface area contributed by atoms with Crippen LogP contribution in [0, 0.1) is 12.8 Å². The molecule has 4 N–H and O–H groups in total. The van der Waals surface area contributed by atoms with E-state index in [1.54, 1.807) is 23.7 Å². The van der Waals surface area contributed by atoms with Crippen LogP contribution in [0.15, 0.2) is 61.1 Å². The molecule has 5 aromatic heterocycles. The second kappa shape index (κ2) is 10.3. The molecule has 6 heterocycles. The second-order valence-electron chi connectivity index (χ2n) is 10.3. The van der Waals surface area contributed by atoms with Gasteiger partial charge in [-0.25, -0.2) is 9.97 Å². The number of imidazole rings is 1. The van der Waals surface area contributed by atoms with Crippen molar-refractivity contribution in [1.29, 1.82) is 0 Å². The molecule has 0 bridgehead atoms. The zero-order valence-electron chi connectivity index (χ0n) is 22.0. The van der Waals surface area contributed by atoms with Gasteiger partial charge in [0.05, 0.1) is 22.9 Å². The van der Waals surface area contributed by atoms with Crippen LogP contribution >= 0.6 is 11.3 Å². The van der Waals surface area contributed by atoms with E-state index >= 15 is 0 Å². The zero-order valence-corrected chi connectivity index (χ0v) is 22.8. The molecule has 10 heteroatoms. The predicted octanol–water partition coefficient (Wildman–Crippen LogP) is 5.93. The fourth-order valence-electron chi connectivity index (χ4n) is 5.41. The number of piperidine rings is 1. The number of carbonyl (C=O) groups is 1. The summed E-state index contributed by atoms with van der Waals surface area (Å²) in [5, 5.41) is 15.0. The van der Waals surface area contributed by atoms with Crippen molar-refractivity contribution < 1.29 is 4.79 Å². The minimum atomic E-state index is 0.0361. The van der Waals surface area contributed by atoms with Gasteiger partial charge in [0.25, 0.3) is 0 Å². The van der Waals surface area contributed by atoms with E-state index in [0.29, 0.717) is 29.5 Å². The van der Waals surface area contributed by atoms with Crippen molar-refractivity contribution in [2.75, 3.05) is 18.4 Å². The van der Waals surface area contributed by atoms with Gasteiger partial charge in [0.15, 0.2) is 11.5 Å². The molecule has 0 atom stereocenters. The SMILES string of the molecule is Cc1ccc(-c2ccnc3nc(-c4n[nH]c5ccc(-c6cncc(NC(=O)CC7CCNCC7)c6)cc45)[nH]c23)s1. The number of aromatic nitrogens is 6. The highest BCUT2D eigenvalue weighted by Crippen LogP contribution is 2.35. The van der Waals surface area contributed by atoms with E-state index in [2.05, 4.69) is 60.9 Å². The quantitative estimate of drug-likeness (QED) is 0.205. The monoisotopic (exact) mass is 548 g/mol. The van der Waals surface area contributed by atoms with Gasteiger partial charge in [-0.05, 0) is 80.7 Å². The lowest BCUT2D eigenvalue weighted by atomic mass is 9.94. The van der Waals surface area contributed by atoms with Gasteiger partial charge in [-0.2, -0.15) is 5.10 Å². The van der Waals surface area contributed by atoms with Gasteiger partial charge in [0, 0.05) is 45.1 Å². The number of hydrogen-bond acceptors (Lipinski definition) is 7. The van der Waals surface area contributed by atoms with Crippen LogP contribution < -0.4 is 10.6 Å². The molecule has 1 amide bonds. The third-order valence-electron chi connectivity index (χ3n) is 7.47. The van der Waals surface area contributed by atoms with Crippen LogP contribution in [0.1, 0.15) is 24.1 Å². The molecule has 0 saturated carbocycles. The molecular weight excluding hydrogens is 520 g/mol. The molecule has 0 aliphatic carbocycles. The standard InChI is InChI=1S/C30H28N8OS/c1-17-2-5-25(40-17)22-8-11-33-29-27(22)35-30(36-29)28-23-14-19(3-4-24(23)37-38-28)20-13-21(16-32-15-20)34-26(39)12-18-6-9-31-10-7-18/h2-5,8,11,13-16,18,31H,6-7,9-10,12H2,1H3,(H,34,39)(H,37,38)(H,33,35,36). The first kappa shape index (κ1) is 24.6. The third-order valence-corrected chi connectivity index (χ3v) is 8.51. The van der Waals surface area contributed by atoms with Crippen molar-refractivity contribution in [3.63, 3.8) is 0 Å². The number of benzene rings is 1. The number of anilines is 1. The Labute approximate surface area is 234 Å². The van der Waals surface area contributed by atoms with Crippen molar-refractivity contribution >= 4 is 45.0 Å². The maximum atomic E-state index is 12.7. The smallest absolute Gasteiger partial charge is 0.224 e. The van der Waals surface area contributed by atoms with Crippen LogP contribution in [0.3, 0.4) is 0 Å². The number of carbonyl (C=O) groups excluding carboxylic acids is 1. The Morgan fingerprint density at radius 1 is 1.07 bits per heavy atom. The number of fused-ring (bicyclic) bond motifs is 2. The fourth-order valence-corrected chi connectivity index (χ4v) is 6.31. The minimum Gasteiger partial charge on any atom is -0.335 e. The number of aromatic amines is 2. The Morgan fingerprint density at radius 2 is 1.98 bits per heavy atom. The van der Waals surface area contributed by atoms with E-state index in [1.807, 2.05) is 30.5 Å². The summed E-state index contributed by atoms with van der Waals surface area (Å²) in [6.45, 7) is 4.06. The van der Waals surface area contributed by atoms with Crippen LogP contribution in [-0.4, -0.2) is 49.1 Å². The molecule has 0 spiro atoms. The Balaban J connectivity index is 1.19. The van der Waals surface area contributed by atoms with E-state index in [0.717, 1.165) is 64.7 Å². The number of H-pyrrole nitrogens is 2. The molecule has 0 unspecified atom stereocenters. The van der Waals surface area contributed by atoms with Crippen LogP contribution in [0.25, 0.3) is 55.2 Å². The maximum Gasteiger partial charge on any atom is 0.224 e. The van der Waals surface area contributed by atoms with Gasteiger partial charge < -0.3 is 15.6 Å². The van der Waals surface area contributed by atoms with Gasteiger partial charge in [-0.15, -0.1) is 11.3 Å². The summed E-state index contributed by atoms with van der Waals surface area (Å²) >= 11 is 1.75. The normalized spacial score (nSPS) is 14.2. The maximum absolute atomic E-state index is 12.7. The lowest BCUT2D eigenvalue weighted by Gasteiger charge is -2.21. The predicted molar refractivity (Wildman–Crippen MR) is 159 cm³/mol. The van der Waals surface area contributed by atoms with Gasteiger partial charge in [0.2, 0.25) is 5.91 Å². The summed E-state index contributed by atoms with van der Waals surface area (Å²) in [6.07, 6.45) is 7.91. The number of nitrogens with zero attached hydrogens (tertiary/aromatic N) is 4. The van der Waals surface area contributed by atoms with E-state index in [-0.39, 0.29) is 5.91 Å². The summed E-state index contributed by atoms with van der Waals surface area (Å²) in [5.74, 6) is 1.12. The molecular formula is C30H28N8OS. The number of hydrogen-bond donors (Lipinski definition) is 4. The van der Waals surface area contributed by atoms with Crippen molar-refractivity contribution in [3.8, 4) is 33.1 Å². The molecule has 7 rings (SSSR count). The molecule has 1 aliphatic heterocycles. The largest absolute Gasteiger partial charge is 0.335 e. The molecule has 40 heavy (non-hydrogen) atoms. The van der Waals surface area contributed by atoms with Gasteiger partial charge in [0.1, 0.15) is 5.69 Å². The number of nitrogens with one attached hydrogen (secondary N) is 4. The average molecular weight is 549 g/mol. The highest BCUT2D eigenvalue weighted by molar-refractivity contribution is 7.15. The number of thiophene rings is 1. The van der Waals surface area contributed by atoms with Crippen molar-refractivity contribution in [2.45, 2.75) is 26.2 Å². The second-order valence-corrected chi connectivity index (χ2v) is 11.6. The highest BCUT2D eigenvalue weighted by Gasteiger charge is 2.18.